The van der Waals surface area contributed by atoms with E-state index < -0.39 is 0 Å². The van der Waals surface area contributed by atoms with E-state index in [-0.39, 0.29) is 0 Å². The molecule has 0 aliphatic rings. The van der Waals surface area contributed by atoms with Crippen molar-refractivity contribution in [3.63, 3.8) is 0 Å². The molecule has 0 unspecified atom stereocenters. The molecule has 0 spiro atoms. The molecule has 0 amide bonds. The fraction of sp³-hybridized carbons (Fsp3) is 0.261. The number of fused-ring (bicyclic) bond motifs is 1. The summed E-state index contributed by atoms with van der Waals surface area (Å²) in [5, 5.41) is 1.28. The predicted octanol–water partition coefficient (Wildman–Crippen LogP) is 4.86. The average molecular weight is 472 g/mol. The summed E-state index contributed by atoms with van der Waals surface area (Å²) in [5.74, 6) is 0. The normalized spacial score (nSPS) is 11.3. The first-order valence-electron chi connectivity index (χ1n) is 9.15. The molecule has 1 aromatic heterocycles. The number of benzene rings is 2. The molecule has 0 radical (unpaired) electrons. The van der Waals surface area contributed by atoms with E-state index in [9.17, 15) is 0 Å². The second-order valence-corrected chi connectivity index (χ2v) is 8.13. The highest BCUT2D eigenvalue weighted by Crippen LogP contribution is 2.20. The second kappa shape index (κ2) is 8.74. The van der Waals surface area contributed by atoms with Gasteiger partial charge in [0.1, 0.15) is 0 Å². The van der Waals surface area contributed by atoms with Gasteiger partial charge in [0.2, 0.25) is 11.2 Å². The molecule has 0 atom stereocenters. The zero-order valence-electron chi connectivity index (χ0n) is 16.5. The first kappa shape index (κ1) is 19.7. The molecule has 0 saturated carbocycles. The topological polar surface area (TPSA) is 10.4 Å². The third kappa shape index (κ3) is 4.61. The summed E-state index contributed by atoms with van der Waals surface area (Å²) in [6, 6.07) is 19.8. The standard InChI is InChI=1S/C23H27IN3/c1-25(2)20-9-5-18(6-10-20)7-11-21-12-8-19-17-22(26(3)4)13-14-23(19)27(21)16-15-24/h5-14,17H,15-16H2,1-4H3/q+1. The Morgan fingerprint density at radius 3 is 2.11 bits per heavy atom. The molecule has 3 rings (SSSR count). The van der Waals surface area contributed by atoms with Gasteiger partial charge in [0.15, 0.2) is 6.54 Å². The molecule has 27 heavy (non-hydrogen) atoms. The Bertz CT molecular complexity index is 944. The van der Waals surface area contributed by atoms with E-state index in [1.807, 2.05) is 0 Å². The van der Waals surface area contributed by atoms with Gasteiger partial charge in [-0.25, -0.2) is 0 Å². The molecule has 0 aliphatic carbocycles. The molecular weight excluding hydrogens is 445 g/mol. The van der Waals surface area contributed by atoms with Crippen LogP contribution in [0.4, 0.5) is 11.4 Å². The lowest BCUT2D eigenvalue weighted by Crippen LogP contribution is -2.38. The summed E-state index contributed by atoms with van der Waals surface area (Å²) in [6.07, 6.45) is 4.41. The smallest absolute Gasteiger partial charge is 0.213 e. The molecule has 2 aromatic carbocycles. The highest BCUT2D eigenvalue weighted by molar-refractivity contribution is 14.1. The van der Waals surface area contributed by atoms with Crippen LogP contribution in [0.1, 0.15) is 11.3 Å². The van der Waals surface area contributed by atoms with Gasteiger partial charge in [-0.15, -0.1) is 0 Å². The molecule has 1 heterocycles. The van der Waals surface area contributed by atoms with Crippen molar-refractivity contribution in [3.8, 4) is 0 Å². The number of rotatable bonds is 6. The van der Waals surface area contributed by atoms with Crippen molar-refractivity contribution in [2.24, 2.45) is 0 Å². The zero-order chi connectivity index (χ0) is 19.4. The van der Waals surface area contributed by atoms with Crippen molar-refractivity contribution in [1.82, 2.24) is 0 Å². The van der Waals surface area contributed by atoms with Crippen LogP contribution < -0.4 is 14.4 Å². The number of pyridine rings is 1. The van der Waals surface area contributed by atoms with Gasteiger partial charge in [-0.3, -0.25) is 0 Å². The summed E-state index contributed by atoms with van der Waals surface area (Å²) in [6.45, 7) is 0.998. The number of halogens is 1. The maximum atomic E-state index is 2.45. The van der Waals surface area contributed by atoms with Gasteiger partial charge < -0.3 is 9.80 Å². The highest BCUT2D eigenvalue weighted by atomic mass is 127. The Kier molecular flexibility index (Phi) is 6.37. The largest absolute Gasteiger partial charge is 0.378 e. The van der Waals surface area contributed by atoms with Crippen molar-refractivity contribution >= 4 is 57.0 Å². The molecule has 0 N–H and O–H groups in total. The van der Waals surface area contributed by atoms with Crippen LogP contribution in [0.25, 0.3) is 23.1 Å². The molecule has 3 aromatic rings. The number of alkyl halides is 1. The fourth-order valence-corrected chi connectivity index (χ4v) is 3.63. The van der Waals surface area contributed by atoms with Crippen molar-refractivity contribution in [1.29, 1.82) is 0 Å². The minimum absolute atomic E-state index is 0.998. The third-order valence-corrected chi connectivity index (χ3v) is 5.21. The van der Waals surface area contributed by atoms with E-state index in [4.69, 9.17) is 0 Å². The number of aromatic nitrogens is 1. The Labute approximate surface area is 176 Å². The van der Waals surface area contributed by atoms with E-state index in [1.54, 1.807) is 0 Å². The lowest BCUT2D eigenvalue weighted by molar-refractivity contribution is -0.667. The van der Waals surface area contributed by atoms with Crippen LogP contribution in [-0.2, 0) is 6.54 Å². The van der Waals surface area contributed by atoms with Crippen LogP contribution in [0.5, 0.6) is 0 Å². The molecule has 0 saturated heterocycles. The first-order valence-corrected chi connectivity index (χ1v) is 10.7. The third-order valence-electron chi connectivity index (χ3n) is 4.73. The summed E-state index contributed by atoms with van der Waals surface area (Å²) < 4.78 is 3.49. The average Bonchev–Trinajstić information content (AvgIpc) is 2.67. The van der Waals surface area contributed by atoms with E-state index >= 15 is 0 Å². The van der Waals surface area contributed by atoms with Crippen LogP contribution >= 0.6 is 22.6 Å². The Morgan fingerprint density at radius 2 is 1.48 bits per heavy atom. The molecule has 140 valence electrons. The number of hydrogen-bond acceptors (Lipinski definition) is 2. The van der Waals surface area contributed by atoms with Gasteiger partial charge in [0.05, 0.1) is 4.43 Å². The van der Waals surface area contributed by atoms with Gasteiger partial charge in [-0.2, -0.15) is 4.57 Å². The van der Waals surface area contributed by atoms with Crippen LogP contribution in [0.15, 0.2) is 54.6 Å². The molecule has 4 heteroatoms. The summed E-state index contributed by atoms with van der Waals surface area (Å²) >= 11 is 2.45. The van der Waals surface area contributed by atoms with Gasteiger partial charge in [0.25, 0.3) is 0 Å². The Balaban J connectivity index is 1.97. The summed E-state index contributed by atoms with van der Waals surface area (Å²) in [5.41, 5.74) is 6.17. The summed E-state index contributed by atoms with van der Waals surface area (Å²) in [4.78, 5) is 4.26. The highest BCUT2D eigenvalue weighted by Gasteiger charge is 2.14. The predicted molar refractivity (Wildman–Crippen MR) is 127 cm³/mol. The number of hydrogen-bond donors (Lipinski definition) is 0. The second-order valence-electron chi connectivity index (χ2n) is 7.06. The maximum absolute atomic E-state index is 2.45. The van der Waals surface area contributed by atoms with E-state index in [1.165, 1.54) is 33.5 Å². The van der Waals surface area contributed by atoms with E-state index in [2.05, 4.69) is 132 Å². The fourth-order valence-electron chi connectivity index (χ4n) is 3.15. The van der Waals surface area contributed by atoms with Crippen LogP contribution in [0.2, 0.25) is 0 Å². The van der Waals surface area contributed by atoms with Crippen LogP contribution in [0.3, 0.4) is 0 Å². The monoisotopic (exact) mass is 472 g/mol. The number of anilines is 2. The Morgan fingerprint density at radius 1 is 0.815 bits per heavy atom. The first-order chi connectivity index (χ1) is 13.0. The van der Waals surface area contributed by atoms with Gasteiger partial charge >= 0.3 is 0 Å². The SMILES string of the molecule is CN(C)c1ccc(C=Cc2ccc3cc(N(C)C)ccc3[n+]2CCI)cc1. The van der Waals surface area contributed by atoms with Crippen molar-refractivity contribution in [3.05, 3.63) is 65.9 Å². The van der Waals surface area contributed by atoms with Gasteiger partial charge in [-0.05, 0) is 42.0 Å². The van der Waals surface area contributed by atoms with Gasteiger partial charge in [0, 0.05) is 63.2 Å². The van der Waals surface area contributed by atoms with Crippen LogP contribution in [0, 0.1) is 0 Å². The van der Waals surface area contributed by atoms with E-state index in [0.29, 0.717) is 0 Å². The minimum Gasteiger partial charge on any atom is -0.378 e. The zero-order valence-corrected chi connectivity index (χ0v) is 18.6. The summed E-state index contributed by atoms with van der Waals surface area (Å²) in [7, 11) is 8.29. The van der Waals surface area contributed by atoms with Crippen molar-refractivity contribution in [2.75, 3.05) is 42.4 Å². The van der Waals surface area contributed by atoms with Crippen LogP contribution in [-0.4, -0.2) is 32.6 Å². The number of nitrogens with zero attached hydrogens (tertiary/aromatic N) is 3. The maximum Gasteiger partial charge on any atom is 0.213 e. The van der Waals surface area contributed by atoms with Gasteiger partial charge in [-0.1, -0.05) is 34.7 Å². The van der Waals surface area contributed by atoms with E-state index in [0.717, 1.165) is 11.0 Å². The number of aryl methyl sites for hydroxylation is 1. The molecule has 0 fully saturated rings. The lowest BCUT2D eigenvalue weighted by atomic mass is 10.1. The van der Waals surface area contributed by atoms with Crippen molar-refractivity contribution in [2.45, 2.75) is 6.54 Å². The Hall–Kier alpha value is -2.08. The van der Waals surface area contributed by atoms with Crippen molar-refractivity contribution < 1.29 is 4.57 Å². The molecule has 0 aliphatic heterocycles. The minimum atomic E-state index is 0.998. The lowest BCUT2D eigenvalue weighted by Gasteiger charge is -2.13. The molecule has 0 bridgehead atoms. The quantitative estimate of drug-likeness (QED) is 0.288. The molecular formula is C23H27IN3+. The molecule has 3 nitrogen and oxygen atoms in total.